The molecule has 1 heterocycles. The van der Waals surface area contributed by atoms with Gasteiger partial charge < -0.3 is 10.1 Å². The highest BCUT2D eigenvalue weighted by Gasteiger charge is 2.59. The summed E-state index contributed by atoms with van der Waals surface area (Å²) in [5.74, 6) is -1.64. The number of esters is 1. The van der Waals surface area contributed by atoms with E-state index in [1.807, 2.05) is 32.0 Å². The number of allylic oxidation sites excluding steroid dienone is 2. The summed E-state index contributed by atoms with van der Waals surface area (Å²) in [4.78, 5) is 52.1. The molecule has 1 N–H and O–H groups in total. The van der Waals surface area contributed by atoms with Gasteiger partial charge in [0.05, 0.1) is 23.1 Å². The van der Waals surface area contributed by atoms with Crippen LogP contribution in [0.15, 0.2) is 54.6 Å². The van der Waals surface area contributed by atoms with Crippen LogP contribution in [0.1, 0.15) is 41.8 Å². The van der Waals surface area contributed by atoms with Crippen molar-refractivity contribution >= 4 is 35.1 Å². The van der Waals surface area contributed by atoms with Crippen molar-refractivity contribution in [2.24, 2.45) is 23.7 Å². The molecule has 0 radical (unpaired) electrons. The van der Waals surface area contributed by atoms with Gasteiger partial charge in [-0.25, -0.2) is 4.79 Å². The van der Waals surface area contributed by atoms with Crippen molar-refractivity contribution in [2.75, 3.05) is 16.8 Å². The molecular weight excluding hydrogens is 444 g/mol. The Labute approximate surface area is 204 Å². The Morgan fingerprint density at radius 3 is 2.03 bits per heavy atom. The topological polar surface area (TPSA) is 92.8 Å². The summed E-state index contributed by atoms with van der Waals surface area (Å²) in [6, 6.07) is 12.1. The first-order chi connectivity index (χ1) is 16.9. The zero-order chi connectivity index (χ0) is 24.7. The lowest BCUT2D eigenvalue weighted by Gasteiger charge is -2.17. The van der Waals surface area contributed by atoms with Gasteiger partial charge in [-0.05, 0) is 66.5 Å². The lowest BCUT2D eigenvalue weighted by atomic mass is 9.85. The number of carbonyl (C=O) groups is 4. The Hall–Kier alpha value is -3.74. The van der Waals surface area contributed by atoms with Crippen molar-refractivity contribution in [1.29, 1.82) is 0 Å². The van der Waals surface area contributed by atoms with E-state index in [1.165, 1.54) is 17.0 Å². The van der Waals surface area contributed by atoms with E-state index in [9.17, 15) is 19.2 Å². The summed E-state index contributed by atoms with van der Waals surface area (Å²) in [6.45, 7) is 3.62. The van der Waals surface area contributed by atoms with E-state index >= 15 is 0 Å². The summed E-state index contributed by atoms with van der Waals surface area (Å²) in [6.07, 6.45) is 6.54. The van der Waals surface area contributed by atoms with Crippen molar-refractivity contribution in [3.63, 3.8) is 0 Å². The fourth-order valence-electron chi connectivity index (χ4n) is 5.70. The molecule has 1 saturated carbocycles. The minimum Gasteiger partial charge on any atom is -0.452 e. The number of ether oxygens (including phenoxy) is 1. The zero-order valence-corrected chi connectivity index (χ0v) is 19.8. The standard InChI is InChI=1S/C28H28N2O5/c1-3-16-6-5-7-17(4-2)25(16)29-22(31)15-35-28(34)18-10-12-21(13-11-18)30-26(32)23-19-8-9-20(14-19)24(23)27(30)33/h5-13,19-20,23-24H,3-4,14-15H2,1-2H3,(H,29,31)/t19-,20-,23-,24+/m0/s1. The smallest absolute Gasteiger partial charge is 0.338 e. The number of nitrogens with zero attached hydrogens (tertiary/aromatic N) is 1. The molecule has 180 valence electrons. The number of imide groups is 1. The van der Waals surface area contributed by atoms with E-state index in [0.717, 1.165) is 36.1 Å². The molecule has 0 aromatic heterocycles. The van der Waals surface area contributed by atoms with Crippen molar-refractivity contribution < 1.29 is 23.9 Å². The SMILES string of the molecule is CCc1cccc(CC)c1NC(=O)COC(=O)c1ccc(N2C(=O)[C@@H]3[C@H](C2=O)[C@H]2C=C[C@H]3C2)cc1. The van der Waals surface area contributed by atoms with Crippen molar-refractivity contribution in [3.8, 4) is 0 Å². The van der Waals surface area contributed by atoms with Crippen LogP contribution < -0.4 is 10.2 Å². The molecule has 2 fully saturated rings. The maximum atomic E-state index is 13.0. The van der Waals surface area contributed by atoms with Crippen molar-refractivity contribution in [1.82, 2.24) is 0 Å². The van der Waals surface area contributed by atoms with Gasteiger partial charge in [0.2, 0.25) is 11.8 Å². The molecule has 1 aliphatic heterocycles. The number of nitrogens with one attached hydrogen (secondary N) is 1. The van der Waals surface area contributed by atoms with E-state index in [2.05, 4.69) is 17.5 Å². The van der Waals surface area contributed by atoms with E-state index in [-0.39, 0.29) is 41.0 Å². The molecule has 35 heavy (non-hydrogen) atoms. The Kier molecular flexibility index (Phi) is 6.01. The van der Waals surface area contributed by atoms with Crippen LogP contribution >= 0.6 is 0 Å². The predicted octanol–water partition coefficient (Wildman–Crippen LogP) is 3.92. The molecule has 4 atom stereocenters. The van der Waals surface area contributed by atoms with Crippen molar-refractivity contribution in [2.45, 2.75) is 33.1 Å². The summed E-state index contributed by atoms with van der Waals surface area (Å²) < 4.78 is 5.21. The second kappa shape index (κ2) is 9.13. The van der Waals surface area contributed by atoms with Gasteiger partial charge in [0.15, 0.2) is 6.61 Å². The second-order valence-electron chi connectivity index (χ2n) is 9.34. The van der Waals surface area contributed by atoms with Crippen LogP contribution in [0, 0.1) is 23.7 Å². The summed E-state index contributed by atoms with van der Waals surface area (Å²) in [7, 11) is 0. The van der Waals surface area contributed by atoms with E-state index in [1.54, 1.807) is 12.1 Å². The van der Waals surface area contributed by atoms with Gasteiger partial charge in [0.1, 0.15) is 0 Å². The highest BCUT2D eigenvalue weighted by molar-refractivity contribution is 6.22. The monoisotopic (exact) mass is 472 g/mol. The minimum atomic E-state index is -0.649. The van der Waals surface area contributed by atoms with Gasteiger partial charge >= 0.3 is 5.97 Å². The Morgan fingerprint density at radius 1 is 0.914 bits per heavy atom. The number of aryl methyl sites for hydroxylation is 2. The van der Waals surface area contributed by atoms with Crippen LogP contribution in [-0.2, 0) is 32.0 Å². The molecular formula is C28H28N2O5. The first-order valence-electron chi connectivity index (χ1n) is 12.2. The maximum absolute atomic E-state index is 13.0. The fraction of sp³-hybridized carbons (Fsp3) is 0.357. The first kappa shape index (κ1) is 23.0. The third kappa shape index (κ3) is 3.95. The third-order valence-electron chi connectivity index (χ3n) is 7.43. The van der Waals surface area contributed by atoms with Gasteiger partial charge in [0, 0.05) is 5.69 Å². The molecule has 2 aliphatic carbocycles. The van der Waals surface area contributed by atoms with Crippen LogP contribution in [0.25, 0.3) is 0 Å². The average Bonchev–Trinajstić information content (AvgIpc) is 3.56. The van der Waals surface area contributed by atoms with Crippen LogP contribution in [-0.4, -0.2) is 30.3 Å². The van der Waals surface area contributed by atoms with E-state index < -0.39 is 18.5 Å². The average molecular weight is 473 g/mol. The maximum Gasteiger partial charge on any atom is 0.338 e. The second-order valence-corrected chi connectivity index (χ2v) is 9.34. The predicted molar refractivity (Wildman–Crippen MR) is 131 cm³/mol. The minimum absolute atomic E-state index is 0.143. The first-order valence-corrected chi connectivity index (χ1v) is 12.2. The van der Waals surface area contributed by atoms with E-state index in [0.29, 0.717) is 5.69 Å². The summed E-state index contributed by atoms with van der Waals surface area (Å²) in [5.41, 5.74) is 3.52. The Morgan fingerprint density at radius 2 is 1.49 bits per heavy atom. The van der Waals surface area contributed by atoms with Crippen LogP contribution in [0.2, 0.25) is 0 Å². The fourth-order valence-corrected chi connectivity index (χ4v) is 5.70. The number of rotatable bonds is 7. The summed E-state index contributed by atoms with van der Waals surface area (Å²) >= 11 is 0. The largest absolute Gasteiger partial charge is 0.452 e. The Balaban J connectivity index is 1.21. The Bertz CT molecular complexity index is 1180. The van der Waals surface area contributed by atoms with Crippen LogP contribution in [0.3, 0.4) is 0 Å². The molecule has 5 rings (SSSR count). The van der Waals surface area contributed by atoms with Gasteiger partial charge in [-0.15, -0.1) is 0 Å². The molecule has 3 amide bonds. The number of amides is 3. The van der Waals surface area contributed by atoms with Crippen LogP contribution in [0.5, 0.6) is 0 Å². The van der Waals surface area contributed by atoms with Crippen LogP contribution in [0.4, 0.5) is 11.4 Å². The number of fused-ring (bicyclic) bond motifs is 5. The highest BCUT2D eigenvalue weighted by Crippen LogP contribution is 2.53. The number of para-hydroxylation sites is 1. The number of carbonyl (C=O) groups excluding carboxylic acids is 4. The van der Waals surface area contributed by atoms with Gasteiger partial charge in [-0.3, -0.25) is 19.3 Å². The quantitative estimate of drug-likeness (QED) is 0.375. The molecule has 7 nitrogen and oxygen atoms in total. The lowest BCUT2D eigenvalue weighted by molar-refractivity contribution is -0.123. The molecule has 7 heteroatoms. The molecule has 0 unspecified atom stereocenters. The lowest BCUT2D eigenvalue weighted by Crippen LogP contribution is -2.32. The molecule has 2 bridgehead atoms. The molecule has 2 aromatic carbocycles. The summed E-state index contributed by atoms with van der Waals surface area (Å²) in [5, 5.41) is 2.87. The number of benzene rings is 2. The van der Waals surface area contributed by atoms with Crippen molar-refractivity contribution in [3.05, 3.63) is 71.3 Å². The number of hydrogen-bond acceptors (Lipinski definition) is 5. The molecule has 3 aliphatic rings. The third-order valence-corrected chi connectivity index (χ3v) is 7.43. The highest BCUT2D eigenvalue weighted by atomic mass is 16.5. The molecule has 1 saturated heterocycles. The van der Waals surface area contributed by atoms with Gasteiger partial charge in [0.25, 0.3) is 5.91 Å². The zero-order valence-electron chi connectivity index (χ0n) is 19.8. The number of anilines is 2. The number of hydrogen-bond donors (Lipinski definition) is 1. The van der Waals surface area contributed by atoms with Gasteiger partial charge in [-0.1, -0.05) is 44.2 Å². The van der Waals surface area contributed by atoms with E-state index in [4.69, 9.17) is 4.74 Å². The molecule has 2 aromatic rings. The van der Waals surface area contributed by atoms with Gasteiger partial charge in [-0.2, -0.15) is 0 Å². The molecule has 0 spiro atoms. The normalized spacial score (nSPS) is 24.1.